The minimum Gasteiger partial charge on any atom is -0.488 e. The van der Waals surface area contributed by atoms with Crippen LogP contribution in [0.5, 0.6) is 5.75 Å². The van der Waals surface area contributed by atoms with Crippen molar-refractivity contribution in [3.8, 4) is 5.75 Å². The van der Waals surface area contributed by atoms with Gasteiger partial charge in [-0.3, -0.25) is 14.5 Å². The van der Waals surface area contributed by atoms with Gasteiger partial charge in [0.2, 0.25) is 0 Å². The molecule has 0 aromatic heterocycles. The summed E-state index contributed by atoms with van der Waals surface area (Å²) in [6, 6.07) is 5.59. The van der Waals surface area contributed by atoms with E-state index >= 15 is 0 Å². The van der Waals surface area contributed by atoms with Crippen LogP contribution in [-0.2, 0) is 4.79 Å². The van der Waals surface area contributed by atoms with E-state index in [1.165, 1.54) is 24.2 Å². The quantitative estimate of drug-likeness (QED) is 0.428. The van der Waals surface area contributed by atoms with Crippen LogP contribution in [0.1, 0.15) is 37.7 Å². The molecule has 0 radical (unpaired) electrons. The van der Waals surface area contributed by atoms with Crippen molar-refractivity contribution in [3.63, 3.8) is 0 Å². The highest BCUT2D eigenvalue weighted by Crippen LogP contribution is 2.35. The summed E-state index contributed by atoms with van der Waals surface area (Å²) >= 11 is 4.50. The highest BCUT2D eigenvalue weighted by atomic mass is 79.9. The summed E-state index contributed by atoms with van der Waals surface area (Å²) in [7, 11) is 0. The fourth-order valence-corrected chi connectivity index (χ4v) is 4.67. The van der Waals surface area contributed by atoms with Gasteiger partial charge in [-0.25, -0.2) is 0 Å². The summed E-state index contributed by atoms with van der Waals surface area (Å²) in [5.41, 5.74) is 0.853. The number of hydrogen-bond donors (Lipinski definition) is 0. The molecule has 2 amide bonds. The first-order chi connectivity index (χ1) is 12.6. The lowest BCUT2D eigenvalue weighted by molar-refractivity contribution is -0.123. The van der Waals surface area contributed by atoms with E-state index in [0.717, 1.165) is 34.6 Å². The predicted molar refractivity (Wildman–Crippen MR) is 109 cm³/mol. The van der Waals surface area contributed by atoms with Crippen LogP contribution in [0.3, 0.4) is 0 Å². The molecule has 2 fully saturated rings. The number of nitrogens with zero attached hydrogens (tertiary/aromatic N) is 1. The molecule has 0 bridgehead atoms. The number of imide groups is 1. The third-order valence-corrected chi connectivity index (χ3v) is 6.18. The molecule has 1 aromatic rings. The first-order valence-electron chi connectivity index (χ1n) is 8.87. The van der Waals surface area contributed by atoms with E-state index in [1.807, 2.05) is 18.2 Å². The fourth-order valence-electron chi connectivity index (χ4n) is 3.31. The monoisotopic (exact) mass is 435 g/mol. The van der Waals surface area contributed by atoms with Crippen LogP contribution in [0.4, 0.5) is 4.79 Å². The third-order valence-electron chi connectivity index (χ3n) is 4.65. The second-order valence-corrected chi connectivity index (χ2v) is 8.43. The average molecular weight is 436 g/mol. The normalized spacial score (nSPS) is 20.0. The molecule has 4 nitrogen and oxygen atoms in total. The zero-order chi connectivity index (χ0) is 18.5. The maximum absolute atomic E-state index is 12.7. The highest BCUT2D eigenvalue weighted by molar-refractivity contribution is 9.10. The number of rotatable bonds is 6. The maximum atomic E-state index is 12.7. The zero-order valence-electron chi connectivity index (χ0n) is 14.6. The number of halogens is 1. The molecule has 1 aromatic carbocycles. The molecule has 1 saturated heterocycles. The van der Waals surface area contributed by atoms with Gasteiger partial charge in [0.05, 0.1) is 9.38 Å². The van der Waals surface area contributed by atoms with E-state index in [4.69, 9.17) is 4.74 Å². The maximum Gasteiger partial charge on any atom is 0.293 e. The molecular weight excluding hydrogens is 414 g/mol. The van der Waals surface area contributed by atoms with E-state index in [0.29, 0.717) is 29.7 Å². The number of carbonyl (C=O) groups excluding carboxylic acids is 2. The van der Waals surface area contributed by atoms with Crippen molar-refractivity contribution in [2.24, 2.45) is 5.92 Å². The Morgan fingerprint density at radius 2 is 2.04 bits per heavy atom. The second kappa shape index (κ2) is 8.91. The lowest BCUT2D eigenvalue weighted by atomic mass is 9.89. The molecule has 0 unspecified atom stereocenters. The SMILES string of the molecule is C=CCOc1ccc(/C=C2/SC(=O)N(CC3CCCCC3)C2=O)cc1Br. The summed E-state index contributed by atoms with van der Waals surface area (Å²) in [5.74, 6) is 0.994. The zero-order valence-corrected chi connectivity index (χ0v) is 17.0. The van der Waals surface area contributed by atoms with Gasteiger partial charge in [0, 0.05) is 6.54 Å². The van der Waals surface area contributed by atoms with Gasteiger partial charge in [-0.1, -0.05) is 38.0 Å². The van der Waals surface area contributed by atoms with Crippen molar-refractivity contribution >= 4 is 44.9 Å². The number of ether oxygens (including phenoxy) is 1. The summed E-state index contributed by atoms with van der Waals surface area (Å²) in [6.45, 7) is 4.61. The summed E-state index contributed by atoms with van der Waals surface area (Å²) < 4.78 is 6.33. The Hall–Kier alpha value is -1.53. The Morgan fingerprint density at radius 1 is 1.27 bits per heavy atom. The first-order valence-corrected chi connectivity index (χ1v) is 10.5. The smallest absolute Gasteiger partial charge is 0.293 e. The van der Waals surface area contributed by atoms with Crippen molar-refractivity contribution in [2.75, 3.05) is 13.2 Å². The molecular formula is C20H22BrNO3S. The topological polar surface area (TPSA) is 46.6 Å². The van der Waals surface area contributed by atoms with Gasteiger partial charge in [0.25, 0.3) is 11.1 Å². The van der Waals surface area contributed by atoms with Crippen molar-refractivity contribution < 1.29 is 14.3 Å². The van der Waals surface area contributed by atoms with Crippen molar-refractivity contribution in [3.05, 3.63) is 45.8 Å². The van der Waals surface area contributed by atoms with E-state index < -0.39 is 0 Å². The first kappa shape index (κ1) is 19.2. The molecule has 0 spiro atoms. The van der Waals surface area contributed by atoms with Crippen LogP contribution in [0.2, 0.25) is 0 Å². The Bertz CT molecular complexity index is 741. The second-order valence-electron chi connectivity index (χ2n) is 6.59. The van der Waals surface area contributed by atoms with E-state index in [1.54, 1.807) is 12.2 Å². The predicted octanol–water partition coefficient (Wildman–Crippen LogP) is 5.63. The summed E-state index contributed by atoms with van der Waals surface area (Å²) in [4.78, 5) is 26.8. The Balaban J connectivity index is 1.70. The van der Waals surface area contributed by atoms with Crippen molar-refractivity contribution in [2.45, 2.75) is 32.1 Å². The molecule has 6 heteroatoms. The molecule has 1 heterocycles. The Kier molecular flexibility index (Phi) is 6.59. The lowest BCUT2D eigenvalue weighted by Gasteiger charge is -2.25. The van der Waals surface area contributed by atoms with Gasteiger partial charge in [-0.15, -0.1) is 0 Å². The van der Waals surface area contributed by atoms with Crippen molar-refractivity contribution in [1.82, 2.24) is 4.90 Å². The molecule has 26 heavy (non-hydrogen) atoms. The largest absolute Gasteiger partial charge is 0.488 e. The lowest BCUT2D eigenvalue weighted by Crippen LogP contribution is -2.34. The van der Waals surface area contributed by atoms with Gasteiger partial charge in [0.1, 0.15) is 12.4 Å². The van der Waals surface area contributed by atoms with Crippen LogP contribution in [0.15, 0.2) is 40.2 Å². The molecule has 3 rings (SSSR count). The van der Waals surface area contributed by atoms with Gasteiger partial charge in [-0.05, 0) is 70.2 Å². The number of thioether (sulfide) groups is 1. The molecule has 1 saturated carbocycles. The number of benzene rings is 1. The molecule has 0 atom stereocenters. The van der Waals surface area contributed by atoms with Gasteiger partial charge < -0.3 is 4.74 Å². The molecule has 2 aliphatic rings. The molecule has 138 valence electrons. The van der Waals surface area contributed by atoms with Crippen LogP contribution in [0, 0.1) is 5.92 Å². The van der Waals surface area contributed by atoms with Crippen LogP contribution in [0.25, 0.3) is 6.08 Å². The Morgan fingerprint density at radius 3 is 2.73 bits per heavy atom. The van der Waals surface area contributed by atoms with Gasteiger partial charge in [0.15, 0.2) is 0 Å². The van der Waals surface area contributed by atoms with E-state index in [-0.39, 0.29) is 11.1 Å². The number of hydrogen-bond acceptors (Lipinski definition) is 4. The number of carbonyl (C=O) groups is 2. The highest BCUT2D eigenvalue weighted by Gasteiger charge is 2.36. The Labute approximate surface area is 166 Å². The number of amides is 2. The van der Waals surface area contributed by atoms with Crippen LogP contribution in [-0.4, -0.2) is 29.2 Å². The van der Waals surface area contributed by atoms with Crippen LogP contribution < -0.4 is 4.74 Å². The average Bonchev–Trinajstić information content (AvgIpc) is 2.89. The van der Waals surface area contributed by atoms with E-state index in [2.05, 4.69) is 22.5 Å². The molecule has 1 aliphatic carbocycles. The fraction of sp³-hybridized carbons (Fsp3) is 0.400. The van der Waals surface area contributed by atoms with Gasteiger partial charge >= 0.3 is 0 Å². The minimum atomic E-state index is -0.173. The standard InChI is InChI=1S/C20H22BrNO3S/c1-2-10-25-17-9-8-15(11-16(17)21)12-18-19(23)22(20(24)26-18)13-14-6-4-3-5-7-14/h2,8-9,11-12,14H,1,3-7,10,13H2/b18-12+. The summed E-state index contributed by atoms with van der Waals surface area (Å²) in [6.07, 6.45) is 9.34. The van der Waals surface area contributed by atoms with Gasteiger partial charge in [-0.2, -0.15) is 0 Å². The van der Waals surface area contributed by atoms with Crippen LogP contribution >= 0.6 is 27.7 Å². The van der Waals surface area contributed by atoms with Crippen molar-refractivity contribution in [1.29, 1.82) is 0 Å². The molecule has 0 N–H and O–H groups in total. The third kappa shape index (κ3) is 4.60. The molecule has 1 aliphatic heterocycles. The summed E-state index contributed by atoms with van der Waals surface area (Å²) in [5, 5.41) is -0.156. The minimum absolute atomic E-state index is 0.156. The van der Waals surface area contributed by atoms with E-state index in [9.17, 15) is 9.59 Å².